The molecule has 1 rings (SSSR count). The van der Waals surface area contributed by atoms with Crippen LogP contribution in [0, 0.1) is 0 Å². The van der Waals surface area contributed by atoms with E-state index in [4.69, 9.17) is 10.5 Å². The van der Waals surface area contributed by atoms with Crippen molar-refractivity contribution >= 4 is 5.97 Å². The Kier molecular flexibility index (Phi) is 4.92. The van der Waals surface area contributed by atoms with Crippen molar-refractivity contribution < 1.29 is 9.53 Å². The molecular formula is C12H16N2O2. The maximum atomic E-state index is 11.0. The van der Waals surface area contributed by atoms with Gasteiger partial charge in [0, 0.05) is 6.54 Å². The fourth-order valence-corrected chi connectivity index (χ4v) is 1.16. The van der Waals surface area contributed by atoms with E-state index in [9.17, 15) is 4.79 Å². The third-order valence-electron chi connectivity index (χ3n) is 1.90. The predicted molar refractivity (Wildman–Crippen MR) is 62.2 cm³/mol. The molecule has 0 radical (unpaired) electrons. The van der Waals surface area contributed by atoms with Crippen molar-refractivity contribution in [3.8, 4) is 0 Å². The summed E-state index contributed by atoms with van der Waals surface area (Å²) in [6, 6.07) is 9.79. The molecule has 1 aromatic rings. The molecule has 0 aliphatic carbocycles. The Morgan fingerprint density at radius 3 is 2.75 bits per heavy atom. The van der Waals surface area contributed by atoms with E-state index in [0.717, 1.165) is 5.56 Å². The fraction of sp³-hybridized carbons (Fsp3) is 0.250. The highest BCUT2D eigenvalue weighted by molar-refractivity contribution is 5.82. The van der Waals surface area contributed by atoms with Gasteiger partial charge in [0.1, 0.15) is 5.82 Å². The topological polar surface area (TPSA) is 64.3 Å². The second-order valence-electron chi connectivity index (χ2n) is 3.19. The van der Waals surface area contributed by atoms with Gasteiger partial charge in [0.15, 0.2) is 0 Å². The maximum Gasteiger partial charge on any atom is 0.334 e. The van der Waals surface area contributed by atoms with Crippen LogP contribution < -0.4 is 11.1 Å². The molecule has 0 amide bonds. The molecule has 0 saturated carbocycles. The molecule has 0 aliphatic rings. The Hall–Kier alpha value is -1.97. The van der Waals surface area contributed by atoms with Crippen LogP contribution in [0.1, 0.15) is 12.5 Å². The van der Waals surface area contributed by atoms with Gasteiger partial charge in [0.25, 0.3) is 0 Å². The highest BCUT2D eigenvalue weighted by Gasteiger charge is 1.98. The van der Waals surface area contributed by atoms with Crippen LogP contribution in [-0.4, -0.2) is 12.6 Å². The Balaban J connectivity index is 2.40. The first-order valence-corrected chi connectivity index (χ1v) is 5.14. The average molecular weight is 220 g/mol. The number of nitrogens with one attached hydrogen (secondary N) is 1. The van der Waals surface area contributed by atoms with E-state index in [1.54, 1.807) is 6.92 Å². The molecule has 0 bridgehead atoms. The van der Waals surface area contributed by atoms with Gasteiger partial charge in [0.2, 0.25) is 0 Å². The van der Waals surface area contributed by atoms with Gasteiger partial charge in [-0.3, -0.25) is 0 Å². The standard InChI is InChI=1S/C12H16N2O2/c1-2-16-12(15)8-11(13)14-9-10-6-4-3-5-7-10/h3-8,14H,2,9,13H2,1H3/b11-8-. The van der Waals surface area contributed by atoms with Crippen LogP contribution in [0.4, 0.5) is 0 Å². The van der Waals surface area contributed by atoms with Crippen molar-refractivity contribution in [2.45, 2.75) is 13.5 Å². The molecule has 0 fully saturated rings. The number of hydrogen-bond acceptors (Lipinski definition) is 4. The minimum Gasteiger partial charge on any atom is -0.463 e. The summed E-state index contributed by atoms with van der Waals surface area (Å²) in [5.74, 6) is -0.122. The lowest BCUT2D eigenvalue weighted by Crippen LogP contribution is -2.21. The second kappa shape index (κ2) is 6.50. The number of carbonyl (C=O) groups is 1. The van der Waals surface area contributed by atoms with Gasteiger partial charge in [-0.15, -0.1) is 0 Å². The molecule has 4 heteroatoms. The molecule has 1 aromatic carbocycles. The summed E-state index contributed by atoms with van der Waals surface area (Å²) < 4.78 is 4.73. The molecule has 0 spiro atoms. The minimum atomic E-state index is -0.430. The normalized spacial score (nSPS) is 10.9. The monoisotopic (exact) mass is 220 g/mol. The van der Waals surface area contributed by atoms with Crippen molar-refractivity contribution in [1.29, 1.82) is 0 Å². The van der Waals surface area contributed by atoms with Crippen LogP contribution >= 0.6 is 0 Å². The maximum absolute atomic E-state index is 11.0. The van der Waals surface area contributed by atoms with E-state index < -0.39 is 5.97 Å². The molecular weight excluding hydrogens is 204 g/mol. The van der Waals surface area contributed by atoms with Crippen LogP contribution in [0.2, 0.25) is 0 Å². The van der Waals surface area contributed by atoms with Crippen LogP contribution in [0.15, 0.2) is 42.2 Å². The third-order valence-corrected chi connectivity index (χ3v) is 1.90. The number of ether oxygens (including phenoxy) is 1. The zero-order chi connectivity index (χ0) is 11.8. The molecule has 86 valence electrons. The van der Waals surface area contributed by atoms with Gasteiger partial charge >= 0.3 is 5.97 Å². The minimum absolute atomic E-state index is 0.308. The van der Waals surface area contributed by atoms with Crippen LogP contribution in [0.5, 0.6) is 0 Å². The van der Waals surface area contributed by atoms with Crippen molar-refractivity contribution in [2.75, 3.05) is 6.61 Å². The highest BCUT2D eigenvalue weighted by atomic mass is 16.5. The van der Waals surface area contributed by atoms with E-state index >= 15 is 0 Å². The molecule has 0 heterocycles. The highest BCUT2D eigenvalue weighted by Crippen LogP contribution is 1.97. The van der Waals surface area contributed by atoms with Gasteiger partial charge in [0.05, 0.1) is 12.7 Å². The van der Waals surface area contributed by atoms with Crippen molar-refractivity contribution in [1.82, 2.24) is 5.32 Å². The van der Waals surface area contributed by atoms with Crippen molar-refractivity contribution in [3.05, 3.63) is 47.8 Å². The lowest BCUT2D eigenvalue weighted by atomic mass is 10.2. The number of benzene rings is 1. The smallest absolute Gasteiger partial charge is 0.334 e. The summed E-state index contributed by atoms with van der Waals surface area (Å²) in [7, 11) is 0. The number of hydrogen-bond donors (Lipinski definition) is 2. The Morgan fingerprint density at radius 1 is 1.44 bits per heavy atom. The SMILES string of the molecule is CCOC(=O)/C=C(/N)NCc1ccccc1. The summed E-state index contributed by atoms with van der Waals surface area (Å²) in [4.78, 5) is 11.0. The third kappa shape index (κ3) is 4.50. The molecule has 0 aliphatic heterocycles. The predicted octanol–water partition coefficient (Wildman–Crippen LogP) is 1.14. The molecule has 0 aromatic heterocycles. The molecule has 0 unspecified atom stereocenters. The lowest BCUT2D eigenvalue weighted by Gasteiger charge is -2.06. The summed E-state index contributed by atoms with van der Waals surface area (Å²) in [5, 5.41) is 2.93. The van der Waals surface area contributed by atoms with Crippen molar-refractivity contribution in [2.24, 2.45) is 5.73 Å². The van der Waals surface area contributed by atoms with Crippen molar-refractivity contribution in [3.63, 3.8) is 0 Å². The number of rotatable bonds is 5. The molecule has 0 saturated heterocycles. The zero-order valence-electron chi connectivity index (χ0n) is 9.27. The number of nitrogens with two attached hydrogens (primary N) is 1. The largest absolute Gasteiger partial charge is 0.463 e. The first-order chi connectivity index (χ1) is 7.72. The van der Waals surface area contributed by atoms with Crippen LogP contribution in [0.25, 0.3) is 0 Å². The lowest BCUT2D eigenvalue weighted by molar-refractivity contribution is -0.137. The van der Waals surface area contributed by atoms with Gasteiger partial charge < -0.3 is 15.8 Å². The van der Waals surface area contributed by atoms with Gasteiger partial charge in [-0.05, 0) is 12.5 Å². The summed E-state index contributed by atoms with van der Waals surface area (Å²) in [6.07, 6.45) is 1.24. The first kappa shape index (κ1) is 12.1. The van der Waals surface area contributed by atoms with E-state index in [2.05, 4.69) is 5.32 Å². The van der Waals surface area contributed by atoms with Crippen LogP contribution in [0.3, 0.4) is 0 Å². The second-order valence-corrected chi connectivity index (χ2v) is 3.19. The summed E-state index contributed by atoms with van der Waals surface area (Å²) in [5.41, 5.74) is 6.70. The van der Waals surface area contributed by atoms with E-state index in [1.807, 2.05) is 30.3 Å². The Bertz CT molecular complexity index is 361. The fourth-order valence-electron chi connectivity index (χ4n) is 1.16. The van der Waals surface area contributed by atoms with E-state index in [1.165, 1.54) is 6.08 Å². The quantitative estimate of drug-likeness (QED) is 0.577. The Labute approximate surface area is 95.1 Å². The molecule has 3 N–H and O–H groups in total. The molecule has 0 atom stereocenters. The number of carbonyl (C=O) groups excluding carboxylic acids is 1. The Morgan fingerprint density at radius 2 is 2.12 bits per heavy atom. The van der Waals surface area contributed by atoms with E-state index in [0.29, 0.717) is 19.0 Å². The molecule has 16 heavy (non-hydrogen) atoms. The first-order valence-electron chi connectivity index (χ1n) is 5.14. The summed E-state index contributed by atoms with van der Waals surface area (Å²) >= 11 is 0. The molecule has 4 nitrogen and oxygen atoms in total. The van der Waals surface area contributed by atoms with Gasteiger partial charge in [-0.2, -0.15) is 0 Å². The van der Waals surface area contributed by atoms with Gasteiger partial charge in [-0.25, -0.2) is 4.79 Å². The average Bonchev–Trinajstić information content (AvgIpc) is 2.28. The zero-order valence-corrected chi connectivity index (χ0v) is 9.27. The van der Waals surface area contributed by atoms with Gasteiger partial charge in [-0.1, -0.05) is 30.3 Å². The number of esters is 1. The van der Waals surface area contributed by atoms with E-state index in [-0.39, 0.29) is 0 Å². The van der Waals surface area contributed by atoms with Crippen LogP contribution in [-0.2, 0) is 16.1 Å². The summed E-state index contributed by atoms with van der Waals surface area (Å²) in [6.45, 7) is 2.68.